The van der Waals surface area contributed by atoms with Gasteiger partial charge in [0.25, 0.3) is 0 Å². The number of hydrogen-bond donors (Lipinski definition) is 1. The Labute approximate surface area is 107 Å². The third-order valence-corrected chi connectivity index (χ3v) is 3.34. The molecule has 0 spiro atoms. The molecule has 0 saturated heterocycles. The van der Waals surface area contributed by atoms with Crippen LogP contribution in [-0.2, 0) is 14.8 Å². The van der Waals surface area contributed by atoms with Crippen LogP contribution in [-0.4, -0.2) is 21.4 Å². The van der Waals surface area contributed by atoms with Crippen LogP contribution in [0.4, 0.5) is 5.69 Å². The highest BCUT2D eigenvalue weighted by Gasteiger charge is 2.12. The first-order valence-electron chi connectivity index (χ1n) is 5.19. The highest BCUT2D eigenvalue weighted by Crippen LogP contribution is 2.17. The molecule has 1 aromatic rings. The van der Waals surface area contributed by atoms with Crippen molar-refractivity contribution in [2.75, 3.05) is 11.9 Å². The van der Waals surface area contributed by atoms with E-state index >= 15 is 0 Å². The number of nitrogens with zero attached hydrogens (tertiary/aromatic N) is 1. The summed E-state index contributed by atoms with van der Waals surface area (Å²) in [5.74, 6) is 2.26. The summed E-state index contributed by atoms with van der Waals surface area (Å²) in [7, 11) is -2.11. The lowest BCUT2D eigenvalue weighted by Gasteiger charge is -2.17. The molecule has 18 heavy (non-hydrogen) atoms. The standard InChI is InChI=1S/C12H14N2O3S/c1-3-4-5-12(15)14(2)10-6-8-11(9-7-10)18(13,16)17/h1,6-9H,4-5H2,2H3,(H2,13,16,17). The van der Waals surface area contributed by atoms with Gasteiger partial charge >= 0.3 is 0 Å². The van der Waals surface area contributed by atoms with E-state index in [1.165, 1.54) is 29.2 Å². The van der Waals surface area contributed by atoms with Gasteiger partial charge in [-0.25, -0.2) is 13.6 Å². The summed E-state index contributed by atoms with van der Waals surface area (Å²) >= 11 is 0. The quantitative estimate of drug-likeness (QED) is 0.815. The number of amides is 1. The lowest BCUT2D eigenvalue weighted by molar-refractivity contribution is -0.118. The molecule has 0 atom stereocenters. The fourth-order valence-electron chi connectivity index (χ4n) is 1.35. The van der Waals surface area contributed by atoms with Crippen LogP contribution < -0.4 is 10.0 Å². The first-order chi connectivity index (χ1) is 8.36. The van der Waals surface area contributed by atoms with Gasteiger partial charge in [0.1, 0.15) is 0 Å². The predicted octanol–water partition coefficient (Wildman–Crippen LogP) is 0.710. The smallest absolute Gasteiger partial charge is 0.238 e. The summed E-state index contributed by atoms with van der Waals surface area (Å²) in [6, 6.07) is 5.76. The minimum Gasteiger partial charge on any atom is -0.315 e. The zero-order chi connectivity index (χ0) is 13.8. The van der Waals surface area contributed by atoms with Gasteiger partial charge in [0.2, 0.25) is 15.9 Å². The lowest BCUT2D eigenvalue weighted by Crippen LogP contribution is -2.25. The molecule has 1 rings (SSSR count). The van der Waals surface area contributed by atoms with Crippen molar-refractivity contribution in [1.29, 1.82) is 0 Å². The topological polar surface area (TPSA) is 80.5 Å². The van der Waals surface area contributed by atoms with Crippen molar-refractivity contribution < 1.29 is 13.2 Å². The Hall–Kier alpha value is -1.84. The number of nitrogens with two attached hydrogens (primary N) is 1. The van der Waals surface area contributed by atoms with Gasteiger partial charge in [-0.1, -0.05) is 0 Å². The van der Waals surface area contributed by atoms with E-state index in [1.807, 2.05) is 0 Å². The van der Waals surface area contributed by atoms with Gasteiger partial charge in [-0.05, 0) is 24.3 Å². The molecule has 0 heterocycles. The second-order valence-corrected chi connectivity index (χ2v) is 5.26. The molecule has 0 radical (unpaired) electrons. The third kappa shape index (κ3) is 3.58. The number of sulfonamides is 1. The Morgan fingerprint density at radius 1 is 1.39 bits per heavy atom. The summed E-state index contributed by atoms with van der Waals surface area (Å²) in [5.41, 5.74) is 0.587. The van der Waals surface area contributed by atoms with E-state index in [0.29, 0.717) is 12.1 Å². The van der Waals surface area contributed by atoms with Crippen LogP contribution in [0.3, 0.4) is 0 Å². The molecule has 0 saturated carbocycles. The molecular formula is C12H14N2O3S. The summed E-state index contributed by atoms with van der Waals surface area (Å²) in [6.07, 6.45) is 5.71. The van der Waals surface area contributed by atoms with Crippen LogP contribution in [0.25, 0.3) is 0 Å². The summed E-state index contributed by atoms with van der Waals surface area (Å²) in [6.45, 7) is 0. The highest BCUT2D eigenvalue weighted by atomic mass is 32.2. The zero-order valence-electron chi connectivity index (χ0n) is 9.96. The fraction of sp³-hybridized carbons (Fsp3) is 0.250. The normalized spacial score (nSPS) is 10.7. The fourth-order valence-corrected chi connectivity index (χ4v) is 1.87. The maximum absolute atomic E-state index is 11.7. The van der Waals surface area contributed by atoms with Gasteiger partial charge in [0.15, 0.2) is 0 Å². The van der Waals surface area contributed by atoms with Crippen molar-refractivity contribution in [2.45, 2.75) is 17.7 Å². The van der Waals surface area contributed by atoms with Gasteiger partial charge in [-0.15, -0.1) is 12.3 Å². The van der Waals surface area contributed by atoms with Crippen molar-refractivity contribution in [3.63, 3.8) is 0 Å². The maximum atomic E-state index is 11.7. The number of rotatable bonds is 4. The molecule has 6 heteroatoms. The van der Waals surface area contributed by atoms with E-state index in [1.54, 1.807) is 7.05 Å². The average molecular weight is 266 g/mol. The first kappa shape index (κ1) is 14.2. The maximum Gasteiger partial charge on any atom is 0.238 e. The number of terminal acetylenes is 1. The predicted molar refractivity (Wildman–Crippen MR) is 69.3 cm³/mol. The minimum absolute atomic E-state index is 0.00993. The molecular weight excluding hydrogens is 252 g/mol. The molecule has 1 aromatic carbocycles. The van der Waals surface area contributed by atoms with Crippen molar-refractivity contribution in [3.05, 3.63) is 24.3 Å². The van der Waals surface area contributed by atoms with Crippen molar-refractivity contribution in [3.8, 4) is 12.3 Å². The van der Waals surface area contributed by atoms with Crippen LogP contribution in [0, 0.1) is 12.3 Å². The molecule has 0 unspecified atom stereocenters. The largest absolute Gasteiger partial charge is 0.315 e. The Morgan fingerprint density at radius 3 is 2.39 bits per heavy atom. The molecule has 0 bridgehead atoms. The van der Waals surface area contributed by atoms with Crippen LogP contribution in [0.1, 0.15) is 12.8 Å². The number of carbonyl (C=O) groups is 1. The van der Waals surface area contributed by atoms with Gasteiger partial charge in [-0.2, -0.15) is 0 Å². The second-order valence-electron chi connectivity index (χ2n) is 3.70. The molecule has 2 N–H and O–H groups in total. The Balaban J connectivity index is 2.86. The molecule has 96 valence electrons. The van der Waals surface area contributed by atoms with E-state index in [9.17, 15) is 13.2 Å². The van der Waals surface area contributed by atoms with Gasteiger partial charge < -0.3 is 4.90 Å². The first-order valence-corrected chi connectivity index (χ1v) is 6.74. The van der Waals surface area contributed by atoms with Gasteiger partial charge in [0, 0.05) is 25.6 Å². The van der Waals surface area contributed by atoms with Crippen molar-refractivity contribution in [2.24, 2.45) is 5.14 Å². The number of primary sulfonamides is 1. The average Bonchev–Trinajstić information content (AvgIpc) is 2.34. The van der Waals surface area contributed by atoms with Crippen LogP contribution >= 0.6 is 0 Å². The summed E-state index contributed by atoms with van der Waals surface area (Å²) < 4.78 is 22.1. The second kappa shape index (κ2) is 5.67. The highest BCUT2D eigenvalue weighted by molar-refractivity contribution is 7.89. The van der Waals surface area contributed by atoms with E-state index in [0.717, 1.165) is 0 Å². The van der Waals surface area contributed by atoms with Crippen LogP contribution in [0.2, 0.25) is 0 Å². The van der Waals surface area contributed by atoms with Gasteiger partial charge in [0.05, 0.1) is 4.90 Å². The zero-order valence-corrected chi connectivity index (χ0v) is 10.8. The molecule has 0 aliphatic rings. The van der Waals surface area contributed by atoms with E-state index in [4.69, 9.17) is 11.6 Å². The number of anilines is 1. The van der Waals surface area contributed by atoms with E-state index in [2.05, 4.69) is 5.92 Å². The third-order valence-electron chi connectivity index (χ3n) is 2.41. The van der Waals surface area contributed by atoms with Crippen molar-refractivity contribution >= 4 is 21.6 Å². The van der Waals surface area contributed by atoms with Crippen molar-refractivity contribution in [1.82, 2.24) is 0 Å². The Bertz CT molecular complexity index is 570. The molecule has 0 aromatic heterocycles. The Morgan fingerprint density at radius 2 is 1.94 bits per heavy atom. The minimum atomic E-state index is -3.71. The SMILES string of the molecule is C#CCCC(=O)N(C)c1ccc(S(N)(=O)=O)cc1. The molecule has 0 fully saturated rings. The molecule has 0 aliphatic carbocycles. The van der Waals surface area contributed by atoms with E-state index in [-0.39, 0.29) is 17.2 Å². The summed E-state index contributed by atoms with van der Waals surface area (Å²) in [4.78, 5) is 13.1. The van der Waals surface area contributed by atoms with E-state index < -0.39 is 10.0 Å². The lowest BCUT2D eigenvalue weighted by atomic mass is 10.2. The van der Waals surface area contributed by atoms with Gasteiger partial charge in [-0.3, -0.25) is 4.79 Å². The van der Waals surface area contributed by atoms with Crippen LogP contribution in [0.5, 0.6) is 0 Å². The molecule has 1 amide bonds. The molecule has 0 aliphatic heterocycles. The Kier molecular flexibility index (Phi) is 4.48. The van der Waals surface area contributed by atoms with Crippen LogP contribution in [0.15, 0.2) is 29.2 Å². The molecule has 5 nitrogen and oxygen atoms in total. The number of carbonyl (C=O) groups excluding carboxylic acids is 1. The summed E-state index contributed by atoms with van der Waals surface area (Å²) in [5, 5.41) is 4.98. The number of hydrogen-bond acceptors (Lipinski definition) is 3. The number of benzene rings is 1. The monoisotopic (exact) mass is 266 g/mol.